The molecular weight excluding hydrogens is 98.1 g/mol. The minimum Gasteiger partial charge on any atom is -0.328 e. The molecule has 0 unspecified atom stereocenters. The second kappa shape index (κ2) is 1.86. The van der Waals surface area contributed by atoms with Crippen LogP contribution in [0.2, 0.25) is 0 Å². The van der Waals surface area contributed by atoms with Crippen LogP contribution in [0.5, 0.6) is 0 Å². The summed E-state index contributed by atoms with van der Waals surface area (Å²) in [5.74, 6) is 0. The van der Waals surface area contributed by atoms with Gasteiger partial charge in [0.2, 0.25) is 0 Å². The fraction of sp³-hybridized carbons (Fsp3) is 0. The first-order valence-corrected chi connectivity index (χ1v) is 2.45. The Balaban J connectivity index is 2.93. The summed E-state index contributed by atoms with van der Waals surface area (Å²) in [6, 6.07) is 3.88. The molecule has 1 rings (SSSR count). The Labute approximate surface area is 49.3 Å². The highest BCUT2D eigenvalue weighted by Gasteiger charge is 1.82. The van der Waals surface area contributed by atoms with Gasteiger partial charge >= 0.3 is 0 Å². The summed E-state index contributed by atoms with van der Waals surface area (Å²) in [4.78, 5) is 0. The molecule has 0 amide bonds. The van der Waals surface area contributed by atoms with Crippen LogP contribution in [-0.2, 0) is 0 Å². The first-order valence-electron chi connectivity index (χ1n) is 2.45. The van der Waals surface area contributed by atoms with Crippen molar-refractivity contribution in [3.63, 3.8) is 0 Å². The van der Waals surface area contributed by atoms with E-state index in [1.165, 1.54) is 0 Å². The van der Waals surface area contributed by atoms with Crippen molar-refractivity contribution in [2.24, 2.45) is 0 Å². The lowest BCUT2D eigenvalue weighted by Gasteiger charge is -1.95. The van der Waals surface area contributed by atoms with Gasteiger partial charge in [-0.05, 0) is 19.1 Å². The highest BCUT2D eigenvalue weighted by molar-refractivity contribution is 5.44. The number of aromatic nitrogens is 1. The monoisotopic (exact) mass is 106 g/mol. The zero-order valence-corrected chi connectivity index (χ0v) is 4.67. The molecule has 1 aromatic rings. The minimum atomic E-state index is 0.801. The molecule has 1 radical (unpaired) electrons. The Kier molecular flexibility index (Phi) is 1.20. The molecule has 0 bridgehead atoms. The molecule has 0 saturated heterocycles. The van der Waals surface area contributed by atoms with Crippen molar-refractivity contribution in [3.8, 4) is 0 Å². The van der Waals surface area contributed by atoms with Crippen LogP contribution in [0.4, 0.5) is 0 Å². The SMILES string of the molecule is [CH2]C(=C)n1cccc1. The van der Waals surface area contributed by atoms with Gasteiger partial charge in [-0.15, -0.1) is 0 Å². The van der Waals surface area contributed by atoms with E-state index in [1.807, 2.05) is 29.1 Å². The summed E-state index contributed by atoms with van der Waals surface area (Å²) in [6.45, 7) is 7.30. The second-order valence-electron chi connectivity index (χ2n) is 1.66. The fourth-order valence-electron chi connectivity index (χ4n) is 0.545. The van der Waals surface area contributed by atoms with E-state index in [1.54, 1.807) is 0 Å². The van der Waals surface area contributed by atoms with Gasteiger partial charge in [-0.1, -0.05) is 6.58 Å². The van der Waals surface area contributed by atoms with Crippen LogP contribution in [0.1, 0.15) is 0 Å². The van der Waals surface area contributed by atoms with E-state index in [4.69, 9.17) is 0 Å². The van der Waals surface area contributed by atoms with Crippen LogP contribution in [0.15, 0.2) is 31.1 Å². The standard InChI is InChI=1S/C7H8N/c1-7(2)8-5-3-4-6-8/h3-6H,1-2H2. The van der Waals surface area contributed by atoms with E-state index >= 15 is 0 Å². The molecule has 1 heterocycles. The summed E-state index contributed by atoms with van der Waals surface area (Å²) >= 11 is 0. The summed E-state index contributed by atoms with van der Waals surface area (Å²) in [6.07, 6.45) is 3.82. The largest absolute Gasteiger partial charge is 0.328 e. The maximum atomic E-state index is 3.65. The van der Waals surface area contributed by atoms with Gasteiger partial charge in [-0.3, -0.25) is 0 Å². The van der Waals surface area contributed by atoms with Crippen molar-refractivity contribution in [1.82, 2.24) is 4.57 Å². The topological polar surface area (TPSA) is 4.93 Å². The quantitative estimate of drug-likeness (QED) is 0.514. The van der Waals surface area contributed by atoms with E-state index in [9.17, 15) is 0 Å². The summed E-state index contributed by atoms with van der Waals surface area (Å²) < 4.78 is 1.86. The fourth-order valence-corrected chi connectivity index (χ4v) is 0.545. The third-order valence-corrected chi connectivity index (χ3v) is 0.970. The third-order valence-electron chi connectivity index (χ3n) is 0.970. The highest BCUT2D eigenvalue weighted by Crippen LogP contribution is 1.97. The van der Waals surface area contributed by atoms with Crippen molar-refractivity contribution in [2.45, 2.75) is 0 Å². The van der Waals surface area contributed by atoms with Crippen molar-refractivity contribution in [3.05, 3.63) is 38.0 Å². The maximum Gasteiger partial charge on any atom is 0.0152 e. The zero-order valence-electron chi connectivity index (χ0n) is 4.67. The minimum absolute atomic E-state index is 0.801. The van der Waals surface area contributed by atoms with E-state index in [0.29, 0.717) is 0 Å². The normalized spacial score (nSPS) is 9.12. The molecule has 0 aromatic carbocycles. The van der Waals surface area contributed by atoms with Gasteiger partial charge < -0.3 is 4.57 Å². The Hall–Kier alpha value is -0.980. The molecule has 1 aromatic heterocycles. The van der Waals surface area contributed by atoms with Crippen molar-refractivity contribution < 1.29 is 0 Å². The van der Waals surface area contributed by atoms with Gasteiger partial charge in [0.25, 0.3) is 0 Å². The molecule has 1 nitrogen and oxygen atoms in total. The lowest BCUT2D eigenvalue weighted by atomic mass is 10.6. The molecule has 8 heavy (non-hydrogen) atoms. The molecule has 0 aliphatic carbocycles. The van der Waals surface area contributed by atoms with Gasteiger partial charge in [0.05, 0.1) is 0 Å². The Morgan fingerprint density at radius 3 is 2.00 bits per heavy atom. The lowest BCUT2D eigenvalue weighted by molar-refractivity contribution is 1.13. The van der Waals surface area contributed by atoms with Crippen LogP contribution in [0, 0.1) is 6.92 Å². The van der Waals surface area contributed by atoms with Crippen molar-refractivity contribution in [1.29, 1.82) is 0 Å². The molecule has 41 valence electrons. The first-order chi connectivity index (χ1) is 3.80. The molecule has 0 N–H and O–H groups in total. The third kappa shape index (κ3) is 0.808. The van der Waals surface area contributed by atoms with Crippen LogP contribution in [0.25, 0.3) is 5.70 Å². The number of nitrogens with zero attached hydrogens (tertiary/aromatic N) is 1. The van der Waals surface area contributed by atoms with Gasteiger partial charge in [0.15, 0.2) is 0 Å². The molecule has 0 atom stereocenters. The molecular formula is C7H8N. The second-order valence-corrected chi connectivity index (χ2v) is 1.66. The summed E-state index contributed by atoms with van der Waals surface area (Å²) in [7, 11) is 0. The zero-order chi connectivity index (χ0) is 5.98. The van der Waals surface area contributed by atoms with Gasteiger partial charge in [-0.25, -0.2) is 0 Å². The number of hydrogen-bond acceptors (Lipinski definition) is 0. The van der Waals surface area contributed by atoms with Crippen LogP contribution >= 0.6 is 0 Å². The van der Waals surface area contributed by atoms with E-state index in [2.05, 4.69) is 13.5 Å². The molecule has 1 heteroatoms. The van der Waals surface area contributed by atoms with Gasteiger partial charge in [0.1, 0.15) is 0 Å². The summed E-state index contributed by atoms with van der Waals surface area (Å²) in [5, 5.41) is 0. The predicted octanol–water partition coefficient (Wildman–Crippen LogP) is 1.79. The van der Waals surface area contributed by atoms with Crippen LogP contribution in [0.3, 0.4) is 0 Å². The van der Waals surface area contributed by atoms with Crippen LogP contribution in [-0.4, -0.2) is 4.57 Å². The predicted molar refractivity (Wildman–Crippen MR) is 35.1 cm³/mol. The Bertz CT molecular complexity index is 172. The van der Waals surface area contributed by atoms with Gasteiger partial charge in [-0.2, -0.15) is 0 Å². The van der Waals surface area contributed by atoms with E-state index in [-0.39, 0.29) is 0 Å². The lowest BCUT2D eigenvalue weighted by Crippen LogP contribution is -1.84. The number of rotatable bonds is 1. The average Bonchev–Trinajstić information content (AvgIpc) is 2.12. The first kappa shape index (κ1) is 5.16. The van der Waals surface area contributed by atoms with Crippen molar-refractivity contribution >= 4 is 5.70 Å². The molecule has 0 aliphatic heterocycles. The molecule has 0 spiro atoms. The van der Waals surface area contributed by atoms with E-state index < -0.39 is 0 Å². The smallest absolute Gasteiger partial charge is 0.0152 e. The number of allylic oxidation sites excluding steroid dienone is 1. The van der Waals surface area contributed by atoms with Crippen molar-refractivity contribution in [2.75, 3.05) is 0 Å². The molecule has 0 fully saturated rings. The maximum absolute atomic E-state index is 3.65. The van der Waals surface area contributed by atoms with Crippen LogP contribution < -0.4 is 0 Å². The van der Waals surface area contributed by atoms with E-state index in [0.717, 1.165) is 5.70 Å². The molecule has 0 aliphatic rings. The van der Waals surface area contributed by atoms with Gasteiger partial charge in [0, 0.05) is 18.1 Å². The average molecular weight is 106 g/mol. The summed E-state index contributed by atoms with van der Waals surface area (Å²) in [5.41, 5.74) is 0.801. The number of hydrogen-bond donors (Lipinski definition) is 0. The Morgan fingerprint density at radius 2 is 1.75 bits per heavy atom. The molecule has 0 saturated carbocycles. The Morgan fingerprint density at radius 1 is 1.25 bits per heavy atom. The highest BCUT2D eigenvalue weighted by atomic mass is 14.9.